The van der Waals surface area contributed by atoms with Gasteiger partial charge in [0.05, 0.1) is 13.2 Å². The number of carbonyl (C=O) groups excluding carboxylic acids is 2. The van der Waals surface area contributed by atoms with Gasteiger partial charge in [0.25, 0.3) is 5.91 Å². The highest BCUT2D eigenvalue weighted by atomic mass is 16.5. The van der Waals surface area contributed by atoms with Gasteiger partial charge < -0.3 is 19.7 Å². The number of rotatable bonds is 9. The molecule has 1 aromatic rings. The summed E-state index contributed by atoms with van der Waals surface area (Å²) in [6.45, 7) is 3.65. The topological polar surface area (TPSA) is 67.9 Å². The van der Waals surface area contributed by atoms with Crippen molar-refractivity contribution in [3.05, 3.63) is 29.8 Å². The third kappa shape index (κ3) is 6.13. The predicted molar refractivity (Wildman–Crippen MR) is 84.1 cm³/mol. The summed E-state index contributed by atoms with van der Waals surface area (Å²) in [6, 6.07) is 6.88. The molecular weight excluding hydrogens is 284 g/mol. The van der Waals surface area contributed by atoms with E-state index in [-0.39, 0.29) is 18.4 Å². The molecule has 0 heterocycles. The summed E-state index contributed by atoms with van der Waals surface area (Å²) < 4.78 is 10.2. The Bertz CT molecular complexity index is 474. The maximum Gasteiger partial charge on any atom is 0.254 e. The fourth-order valence-electron chi connectivity index (χ4n) is 1.87. The van der Waals surface area contributed by atoms with E-state index in [1.165, 1.54) is 4.90 Å². The van der Waals surface area contributed by atoms with E-state index in [9.17, 15) is 9.59 Å². The molecule has 2 amide bonds. The number of nitrogens with one attached hydrogen (secondary N) is 1. The molecule has 6 heteroatoms. The van der Waals surface area contributed by atoms with Crippen molar-refractivity contribution in [2.75, 3.05) is 40.5 Å². The second-order valence-electron chi connectivity index (χ2n) is 4.81. The maximum absolute atomic E-state index is 12.2. The first kappa shape index (κ1) is 18.0. The largest absolute Gasteiger partial charge is 0.494 e. The minimum absolute atomic E-state index is 0.0268. The van der Waals surface area contributed by atoms with Crippen LogP contribution in [0, 0.1) is 0 Å². The highest BCUT2D eigenvalue weighted by molar-refractivity contribution is 5.96. The summed E-state index contributed by atoms with van der Waals surface area (Å²) >= 11 is 0. The number of nitrogens with zero attached hydrogens (tertiary/aromatic N) is 1. The van der Waals surface area contributed by atoms with Crippen LogP contribution in [0.15, 0.2) is 24.3 Å². The molecule has 0 aliphatic rings. The third-order valence-electron chi connectivity index (χ3n) is 2.99. The van der Waals surface area contributed by atoms with Crippen LogP contribution in [0.1, 0.15) is 23.7 Å². The van der Waals surface area contributed by atoms with Gasteiger partial charge in [-0.15, -0.1) is 0 Å². The van der Waals surface area contributed by atoms with E-state index >= 15 is 0 Å². The van der Waals surface area contributed by atoms with Crippen LogP contribution in [0.2, 0.25) is 0 Å². The number of hydrogen-bond acceptors (Lipinski definition) is 4. The number of ether oxygens (including phenoxy) is 2. The normalized spacial score (nSPS) is 10.1. The minimum atomic E-state index is -0.199. The molecule has 0 aromatic heterocycles. The molecule has 1 rings (SSSR count). The number of carbonyl (C=O) groups is 2. The summed E-state index contributed by atoms with van der Waals surface area (Å²) in [4.78, 5) is 25.3. The standard InChI is InChI=1S/C16H24N2O4/c1-4-22-14-8-6-13(7-9-14)16(20)18(2)12-15(19)17-10-5-11-21-3/h6-9H,4-5,10-12H2,1-3H3,(H,17,19). The monoisotopic (exact) mass is 308 g/mol. The number of hydrogen-bond donors (Lipinski definition) is 1. The van der Waals surface area contributed by atoms with Crippen LogP contribution in [-0.4, -0.2) is 57.2 Å². The molecule has 1 aromatic carbocycles. The van der Waals surface area contributed by atoms with E-state index in [4.69, 9.17) is 9.47 Å². The summed E-state index contributed by atoms with van der Waals surface area (Å²) in [5.41, 5.74) is 0.526. The van der Waals surface area contributed by atoms with Crippen molar-refractivity contribution < 1.29 is 19.1 Å². The Labute approximate surface area is 131 Å². The van der Waals surface area contributed by atoms with Gasteiger partial charge in [-0.3, -0.25) is 9.59 Å². The van der Waals surface area contributed by atoms with E-state index in [1.807, 2.05) is 6.92 Å². The van der Waals surface area contributed by atoms with Crippen LogP contribution >= 0.6 is 0 Å². The molecule has 1 N–H and O–H groups in total. The number of benzene rings is 1. The first-order valence-electron chi connectivity index (χ1n) is 7.32. The molecule has 0 aliphatic carbocycles. The Kier molecular flexibility index (Phi) is 7.99. The molecule has 0 bridgehead atoms. The van der Waals surface area contributed by atoms with E-state index in [1.54, 1.807) is 38.4 Å². The quantitative estimate of drug-likeness (QED) is 0.699. The molecule has 0 saturated carbocycles. The van der Waals surface area contributed by atoms with Crippen LogP contribution in [-0.2, 0) is 9.53 Å². The van der Waals surface area contributed by atoms with Gasteiger partial charge in [-0.05, 0) is 37.6 Å². The molecule has 6 nitrogen and oxygen atoms in total. The van der Waals surface area contributed by atoms with Crippen LogP contribution in [0.5, 0.6) is 5.75 Å². The molecule has 0 fully saturated rings. The van der Waals surface area contributed by atoms with Crippen LogP contribution < -0.4 is 10.1 Å². The van der Waals surface area contributed by atoms with Crippen molar-refractivity contribution >= 4 is 11.8 Å². The summed E-state index contributed by atoms with van der Waals surface area (Å²) in [7, 11) is 3.22. The van der Waals surface area contributed by atoms with Gasteiger partial charge in [-0.1, -0.05) is 0 Å². The lowest BCUT2D eigenvalue weighted by Crippen LogP contribution is -2.38. The fourth-order valence-corrected chi connectivity index (χ4v) is 1.87. The lowest BCUT2D eigenvalue weighted by atomic mass is 10.2. The lowest BCUT2D eigenvalue weighted by molar-refractivity contribution is -0.121. The van der Waals surface area contributed by atoms with Gasteiger partial charge in [-0.2, -0.15) is 0 Å². The van der Waals surface area contributed by atoms with Crippen molar-refractivity contribution in [2.24, 2.45) is 0 Å². The zero-order chi connectivity index (χ0) is 16.4. The van der Waals surface area contributed by atoms with Crippen molar-refractivity contribution in [3.8, 4) is 5.75 Å². The highest BCUT2D eigenvalue weighted by Gasteiger charge is 2.14. The number of likely N-dealkylation sites (N-methyl/N-ethyl adjacent to an activating group) is 1. The zero-order valence-corrected chi connectivity index (χ0v) is 13.4. The molecule has 0 unspecified atom stereocenters. The van der Waals surface area contributed by atoms with Gasteiger partial charge in [0.15, 0.2) is 0 Å². The summed E-state index contributed by atoms with van der Waals surface area (Å²) in [6.07, 6.45) is 0.749. The Morgan fingerprint density at radius 2 is 1.91 bits per heavy atom. The van der Waals surface area contributed by atoms with Crippen LogP contribution in [0.3, 0.4) is 0 Å². The molecular formula is C16H24N2O4. The van der Waals surface area contributed by atoms with Crippen LogP contribution in [0.25, 0.3) is 0 Å². The first-order valence-corrected chi connectivity index (χ1v) is 7.32. The van der Waals surface area contributed by atoms with Gasteiger partial charge in [0, 0.05) is 32.9 Å². The first-order chi connectivity index (χ1) is 10.6. The molecule has 0 atom stereocenters. The Hall–Kier alpha value is -2.08. The Morgan fingerprint density at radius 1 is 1.23 bits per heavy atom. The molecule has 0 spiro atoms. The highest BCUT2D eigenvalue weighted by Crippen LogP contribution is 2.13. The van der Waals surface area contributed by atoms with E-state index in [2.05, 4.69) is 5.32 Å². The van der Waals surface area contributed by atoms with E-state index < -0.39 is 0 Å². The number of methoxy groups -OCH3 is 1. The average molecular weight is 308 g/mol. The maximum atomic E-state index is 12.2. The molecule has 0 radical (unpaired) electrons. The van der Waals surface area contributed by atoms with Gasteiger partial charge in [0.1, 0.15) is 5.75 Å². The lowest BCUT2D eigenvalue weighted by Gasteiger charge is -2.17. The van der Waals surface area contributed by atoms with Crippen molar-refractivity contribution in [2.45, 2.75) is 13.3 Å². The van der Waals surface area contributed by atoms with E-state index in [0.29, 0.717) is 25.3 Å². The van der Waals surface area contributed by atoms with Crippen molar-refractivity contribution in [3.63, 3.8) is 0 Å². The van der Waals surface area contributed by atoms with Crippen molar-refractivity contribution in [1.29, 1.82) is 0 Å². The predicted octanol–water partition coefficient (Wildman–Crippen LogP) is 1.31. The van der Waals surface area contributed by atoms with Crippen LogP contribution in [0.4, 0.5) is 0 Å². The molecule has 0 aliphatic heterocycles. The fraction of sp³-hybridized carbons (Fsp3) is 0.500. The van der Waals surface area contributed by atoms with E-state index in [0.717, 1.165) is 12.2 Å². The zero-order valence-electron chi connectivity index (χ0n) is 13.4. The average Bonchev–Trinajstić information content (AvgIpc) is 2.52. The minimum Gasteiger partial charge on any atom is -0.494 e. The van der Waals surface area contributed by atoms with Crippen molar-refractivity contribution in [1.82, 2.24) is 10.2 Å². The van der Waals surface area contributed by atoms with Gasteiger partial charge >= 0.3 is 0 Å². The molecule has 0 saturated heterocycles. The molecule has 22 heavy (non-hydrogen) atoms. The summed E-state index contributed by atoms with van der Waals surface area (Å²) in [5.74, 6) is 0.338. The third-order valence-corrected chi connectivity index (χ3v) is 2.99. The number of amides is 2. The van der Waals surface area contributed by atoms with Gasteiger partial charge in [0.2, 0.25) is 5.91 Å². The summed E-state index contributed by atoms with van der Waals surface area (Å²) in [5, 5.41) is 2.75. The Morgan fingerprint density at radius 3 is 2.50 bits per heavy atom. The second-order valence-corrected chi connectivity index (χ2v) is 4.81. The SMILES string of the molecule is CCOc1ccc(C(=O)N(C)CC(=O)NCCCOC)cc1. The van der Waals surface area contributed by atoms with Gasteiger partial charge in [-0.25, -0.2) is 0 Å². The Balaban J connectivity index is 2.45. The smallest absolute Gasteiger partial charge is 0.254 e. The second kappa shape index (κ2) is 9.78. The molecule has 122 valence electrons.